The number of piperazine rings is 1. The van der Waals surface area contributed by atoms with E-state index in [1.54, 1.807) is 11.0 Å². The zero-order valence-corrected chi connectivity index (χ0v) is 23.5. The molecule has 6 rings (SSSR count). The minimum Gasteiger partial charge on any atom is -0.478 e. The highest BCUT2D eigenvalue weighted by atomic mass is 16.6. The Morgan fingerprint density at radius 2 is 1.70 bits per heavy atom. The number of amides is 1. The summed E-state index contributed by atoms with van der Waals surface area (Å²) >= 11 is 0. The number of rotatable bonds is 6. The largest absolute Gasteiger partial charge is 0.478 e. The molecule has 0 spiro atoms. The van der Waals surface area contributed by atoms with Crippen molar-refractivity contribution in [3.05, 3.63) is 53.6 Å². The number of aromatic nitrogens is 1. The predicted molar refractivity (Wildman–Crippen MR) is 157 cm³/mol. The summed E-state index contributed by atoms with van der Waals surface area (Å²) in [6.07, 6.45) is 5.97. The average molecular weight is 545 g/mol. The lowest BCUT2D eigenvalue weighted by molar-refractivity contribution is 0.0696. The molecule has 1 aromatic heterocycles. The highest BCUT2D eigenvalue weighted by molar-refractivity contribution is 5.99. The van der Waals surface area contributed by atoms with Crippen molar-refractivity contribution in [1.82, 2.24) is 14.4 Å². The number of aromatic carboxylic acids is 1. The third kappa shape index (κ3) is 5.05. The van der Waals surface area contributed by atoms with Crippen molar-refractivity contribution >= 4 is 28.7 Å². The topological polar surface area (TPSA) is 78.2 Å². The zero-order chi connectivity index (χ0) is 27.6. The molecule has 2 aromatic carbocycles. The molecule has 212 valence electrons. The van der Waals surface area contributed by atoms with Crippen molar-refractivity contribution in [3.63, 3.8) is 0 Å². The molecule has 0 unspecified atom stereocenters. The van der Waals surface area contributed by atoms with Crippen LogP contribution in [0.1, 0.15) is 60.9 Å². The van der Waals surface area contributed by atoms with Crippen LogP contribution in [-0.4, -0.2) is 84.0 Å². The Bertz CT molecular complexity index is 1390. The van der Waals surface area contributed by atoms with Crippen molar-refractivity contribution in [2.75, 3.05) is 57.3 Å². The van der Waals surface area contributed by atoms with Crippen LogP contribution in [0.25, 0.3) is 22.2 Å². The smallest absolute Gasteiger partial charge is 0.409 e. The van der Waals surface area contributed by atoms with Gasteiger partial charge < -0.3 is 24.2 Å². The number of ether oxygens (including phenoxy) is 1. The number of hydrogen-bond acceptors (Lipinski definition) is 5. The number of carbonyl (C=O) groups excluding carboxylic acids is 1. The Balaban J connectivity index is 1.31. The second kappa shape index (κ2) is 11.5. The summed E-state index contributed by atoms with van der Waals surface area (Å²) in [6.45, 7) is 8.85. The highest BCUT2D eigenvalue weighted by Crippen LogP contribution is 2.47. The van der Waals surface area contributed by atoms with Crippen molar-refractivity contribution < 1.29 is 19.4 Å². The van der Waals surface area contributed by atoms with Crippen LogP contribution in [0.5, 0.6) is 0 Å². The summed E-state index contributed by atoms with van der Waals surface area (Å²) in [5.41, 5.74) is 6.59. The van der Waals surface area contributed by atoms with Crippen LogP contribution < -0.4 is 4.90 Å². The number of anilines is 1. The lowest BCUT2D eigenvalue weighted by atomic mass is 9.81. The molecule has 8 heteroatoms. The molecule has 0 radical (unpaired) electrons. The molecule has 3 aliphatic rings. The number of para-hydroxylation sites is 1. The molecule has 3 heterocycles. The number of carbonyl (C=O) groups is 2. The molecular formula is C32H40N4O4. The average Bonchev–Trinajstić information content (AvgIpc) is 3.22. The fraction of sp³-hybridized carbons (Fsp3) is 0.500. The van der Waals surface area contributed by atoms with E-state index in [1.807, 2.05) is 13.0 Å². The van der Waals surface area contributed by atoms with Crippen molar-refractivity contribution in [2.45, 2.75) is 51.5 Å². The Morgan fingerprint density at radius 3 is 2.45 bits per heavy atom. The van der Waals surface area contributed by atoms with Crippen LogP contribution in [0.15, 0.2) is 42.5 Å². The van der Waals surface area contributed by atoms with Gasteiger partial charge in [0.2, 0.25) is 0 Å². The fourth-order valence-electron chi connectivity index (χ4n) is 6.99. The number of carboxylic acid groups (broad SMARTS) is 1. The first-order chi connectivity index (χ1) is 19.5. The van der Waals surface area contributed by atoms with Crippen LogP contribution in [0, 0.1) is 0 Å². The van der Waals surface area contributed by atoms with E-state index in [-0.39, 0.29) is 6.09 Å². The standard InChI is InChI=1S/C32H40N4O4/c1-2-40-32(39)35-18-15-33(16-19-35)14-17-34-20-21-36-28-22-24(31(37)38)12-13-25(28)29(23-8-4-3-5-9-23)30(36)26-10-6-7-11-27(26)34/h6-7,10-13,22-23H,2-5,8-9,14-21H2,1H3,(H,37,38). The third-order valence-corrected chi connectivity index (χ3v) is 9.04. The number of fused-ring (bicyclic) bond motifs is 5. The summed E-state index contributed by atoms with van der Waals surface area (Å²) in [7, 11) is 0. The van der Waals surface area contributed by atoms with Gasteiger partial charge in [-0.1, -0.05) is 43.5 Å². The van der Waals surface area contributed by atoms with E-state index in [0.717, 1.165) is 44.8 Å². The third-order valence-electron chi connectivity index (χ3n) is 9.04. The number of benzene rings is 2. The second-order valence-electron chi connectivity index (χ2n) is 11.3. The van der Waals surface area contributed by atoms with Gasteiger partial charge in [-0.2, -0.15) is 0 Å². The Kier molecular flexibility index (Phi) is 7.69. The summed E-state index contributed by atoms with van der Waals surface area (Å²) < 4.78 is 7.58. The fourth-order valence-corrected chi connectivity index (χ4v) is 6.99. The molecule has 8 nitrogen and oxygen atoms in total. The highest BCUT2D eigenvalue weighted by Gasteiger charge is 2.31. The molecule has 40 heavy (non-hydrogen) atoms. The maximum atomic E-state index is 12.1. The predicted octanol–water partition coefficient (Wildman–Crippen LogP) is 5.65. The number of nitrogens with zero attached hydrogens (tertiary/aromatic N) is 4. The van der Waals surface area contributed by atoms with Crippen LogP contribution in [0.4, 0.5) is 10.5 Å². The van der Waals surface area contributed by atoms with Crippen molar-refractivity contribution in [3.8, 4) is 11.3 Å². The molecule has 3 aromatic rings. The normalized spacial score (nSPS) is 18.3. The van der Waals surface area contributed by atoms with Crippen molar-refractivity contribution in [2.24, 2.45) is 0 Å². The molecule has 1 saturated carbocycles. The lowest BCUT2D eigenvalue weighted by Crippen LogP contribution is -2.50. The van der Waals surface area contributed by atoms with E-state index in [0.29, 0.717) is 31.2 Å². The first-order valence-electron chi connectivity index (χ1n) is 14.9. The maximum absolute atomic E-state index is 12.1. The van der Waals surface area contributed by atoms with Crippen LogP contribution in [0.3, 0.4) is 0 Å². The number of carboxylic acids is 1. The maximum Gasteiger partial charge on any atom is 0.409 e. The summed E-state index contributed by atoms with van der Waals surface area (Å²) in [5, 5.41) is 11.0. The van der Waals surface area contributed by atoms with Crippen LogP contribution in [0.2, 0.25) is 0 Å². The molecule has 0 atom stereocenters. The van der Waals surface area contributed by atoms with Gasteiger partial charge >= 0.3 is 12.1 Å². The molecule has 0 bridgehead atoms. The molecule has 1 saturated heterocycles. The molecule has 2 fully saturated rings. The molecule has 1 N–H and O–H groups in total. The monoisotopic (exact) mass is 544 g/mol. The first kappa shape index (κ1) is 26.7. The van der Waals surface area contributed by atoms with Gasteiger partial charge in [0.1, 0.15) is 0 Å². The van der Waals surface area contributed by atoms with E-state index in [2.05, 4.69) is 44.7 Å². The van der Waals surface area contributed by atoms with Gasteiger partial charge in [0.15, 0.2) is 0 Å². The van der Waals surface area contributed by atoms with Gasteiger partial charge in [-0.15, -0.1) is 0 Å². The summed E-state index contributed by atoms with van der Waals surface area (Å²) in [4.78, 5) is 30.8. The van der Waals surface area contributed by atoms with E-state index in [1.165, 1.54) is 60.0 Å². The van der Waals surface area contributed by atoms with Gasteiger partial charge in [0.05, 0.1) is 17.9 Å². The number of hydrogen-bond donors (Lipinski definition) is 1. The molecule has 2 aliphatic heterocycles. The van der Waals surface area contributed by atoms with Crippen molar-refractivity contribution in [1.29, 1.82) is 0 Å². The summed E-state index contributed by atoms with van der Waals surface area (Å²) in [5.74, 6) is -0.381. The minimum absolute atomic E-state index is 0.211. The van der Waals surface area contributed by atoms with E-state index >= 15 is 0 Å². The molecular weight excluding hydrogens is 504 g/mol. The SMILES string of the molecule is CCOC(=O)N1CCN(CCN2CCn3c(c(C4CCCCC4)c4ccc(C(=O)O)cc43)-c3ccccc32)CC1. The quantitative estimate of drug-likeness (QED) is 0.432. The zero-order valence-electron chi connectivity index (χ0n) is 23.5. The van der Waals surface area contributed by atoms with E-state index < -0.39 is 5.97 Å². The molecule has 1 aliphatic carbocycles. The first-order valence-corrected chi connectivity index (χ1v) is 14.9. The van der Waals surface area contributed by atoms with Gasteiger partial charge in [-0.05, 0) is 49.4 Å². The second-order valence-corrected chi connectivity index (χ2v) is 11.3. The van der Waals surface area contributed by atoms with Crippen LogP contribution in [-0.2, 0) is 11.3 Å². The van der Waals surface area contributed by atoms with Gasteiger partial charge in [-0.25, -0.2) is 9.59 Å². The van der Waals surface area contributed by atoms with Gasteiger partial charge in [0, 0.05) is 74.5 Å². The minimum atomic E-state index is -0.879. The van der Waals surface area contributed by atoms with E-state index in [4.69, 9.17) is 4.74 Å². The lowest BCUT2D eigenvalue weighted by Gasteiger charge is -2.35. The Hall–Kier alpha value is -3.52. The summed E-state index contributed by atoms with van der Waals surface area (Å²) in [6, 6.07) is 14.5. The van der Waals surface area contributed by atoms with Gasteiger partial charge in [0.25, 0.3) is 0 Å². The Morgan fingerprint density at radius 1 is 0.925 bits per heavy atom. The van der Waals surface area contributed by atoms with Crippen LogP contribution >= 0.6 is 0 Å². The molecule has 1 amide bonds. The van der Waals surface area contributed by atoms with Gasteiger partial charge in [-0.3, -0.25) is 4.90 Å². The Labute approximate surface area is 236 Å². The van der Waals surface area contributed by atoms with E-state index in [9.17, 15) is 14.7 Å².